The zero-order chi connectivity index (χ0) is 17.7. The molecule has 0 saturated heterocycles. The lowest BCUT2D eigenvalue weighted by Gasteiger charge is -2.18. The van der Waals surface area contributed by atoms with Gasteiger partial charge in [0.1, 0.15) is 5.82 Å². The first-order valence-corrected chi connectivity index (χ1v) is 7.48. The number of carbonyl (C=O) groups is 2. The topological polar surface area (TPSA) is 61.4 Å². The van der Waals surface area contributed by atoms with Gasteiger partial charge in [-0.05, 0) is 35.9 Å². The Morgan fingerprint density at radius 1 is 1.08 bits per heavy atom. The fraction of sp³-hybridized carbons (Fsp3) is 0.222. The highest BCUT2D eigenvalue weighted by Gasteiger charge is 2.14. The SMILES string of the molecule is CC(=O)Nc1ccc(N(C)C)c(C(=O)NCc2ccc(F)cc2)c1. The lowest BCUT2D eigenvalue weighted by molar-refractivity contribution is -0.114. The van der Waals surface area contributed by atoms with Crippen LogP contribution < -0.4 is 15.5 Å². The Morgan fingerprint density at radius 3 is 2.33 bits per heavy atom. The number of carbonyl (C=O) groups excluding carboxylic acids is 2. The van der Waals surface area contributed by atoms with Gasteiger partial charge < -0.3 is 15.5 Å². The van der Waals surface area contributed by atoms with Crippen molar-refractivity contribution in [2.45, 2.75) is 13.5 Å². The van der Waals surface area contributed by atoms with Crippen molar-refractivity contribution in [3.63, 3.8) is 0 Å². The predicted octanol–water partition coefficient (Wildman–Crippen LogP) is 2.78. The highest BCUT2D eigenvalue weighted by molar-refractivity contribution is 6.01. The van der Waals surface area contributed by atoms with E-state index in [-0.39, 0.29) is 24.2 Å². The van der Waals surface area contributed by atoms with Crippen molar-refractivity contribution in [2.24, 2.45) is 0 Å². The van der Waals surface area contributed by atoms with Crippen LogP contribution in [0.5, 0.6) is 0 Å². The maximum atomic E-state index is 12.9. The van der Waals surface area contributed by atoms with Gasteiger partial charge in [0.2, 0.25) is 5.91 Å². The smallest absolute Gasteiger partial charge is 0.253 e. The summed E-state index contributed by atoms with van der Waals surface area (Å²) in [7, 11) is 3.67. The van der Waals surface area contributed by atoms with Crippen LogP contribution in [0.4, 0.5) is 15.8 Å². The third kappa shape index (κ3) is 4.55. The Balaban J connectivity index is 2.19. The summed E-state index contributed by atoms with van der Waals surface area (Å²) < 4.78 is 12.9. The van der Waals surface area contributed by atoms with Crippen LogP contribution in [-0.4, -0.2) is 25.9 Å². The highest BCUT2D eigenvalue weighted by Crippen LogP contribution is 2.23. The molecule has 0 aliphatic rings. The van der Waals surface area contributed by atoms with Crippen molar-refractivity contribution >= 4 is 23.2 Å². The summed E-state index contributed by atoms with van der Waals surface area (Å²) in [6.45, 7) is 1.70. The standard InChI is InChI=1S/C18H20FN3O2/c1-12(23)21-15-8-9-17(22(2)3)16(10-15)18(24)20-11-13-4-6-14(19)7-5-13/h4-10H,11H2,1-3H3,(H,20,24)(H,21,23). The zero-order valence-corrected chi connectivity index (χ0v) is 13.9. The van der Waals surface area contributed by atoms with Crippen molar-refractivity contribution in [3.05, 3.63) is 59.4 Å². The molecule has 2 amide bonds. The third-order valence-corrected chi connectivity index (χ3v) is 3.41. The lowest BCUT2D eigenvalue weighted by atomic mass is 10.1. The number of nitrogens with zero attached hydrogens (tertiary/aromatic N) is 1. The number of amides is 2. The fourth-order valence-electron chi connectivity index (χ4n) is 2.27. The fourth-order valence-corrected chi connectivity index (χ4v) is 2.27. The first-order chi connectivity index (χ1) is 11.4. The zero-order valence-electron chi connectivity index (χ0n) is 13.9. The number of nitrogens with one attached hydrogen (secondary N) is 2. The second-order valence-corrected chi connectivity index (χ2v) is 5.62. The maximum Gasteiger partial charge on any atom is 0.253 e. The van der Waals surface area contributed by atoms with E-state index >= 15 is 0 Å². The van der Waals surface area contributed by atoms with E-state index in [1.165, 1.54) is 19.1 Å². The molecule has 2 aromatic rings. The number of rotatable bonds is 5. The van der Waals surface area contributed by atoms with Crippen molar-refractivity contribution in [2.75, 3.05) is 24.3 Å². The van der Waals surface area contributed by atoms with E-state index in [0.29, 0.717) is 11.3 Å². The predicted molar refractivity (Wildman–Crippen MR) is 92.6 cm³/mol. The molecule has 126 valence electrons. The molecule has 0 saturated carbocycles. The van der Waals surface area contributed by atoms with E-state index in [0.717, 1.165) is 11.3 Å². The van der Waals surface area contributed by atoms with Gasteiger partial charge in [0.05, 0.1) is 5.56 Å². The molecule has 5 nitrogen and oxygen atoms in total. The number of anilines is 2. The van der Waals surface area contributed by atoms with Crippen LogP contribution in [0, 0.1) is 5.82 Å². The summed E-state index contributed by atoms with van der Waals surface area (Å²) in [6, 6.07) is 11.1. The molecule has 0 fully saturated rings. The van der Waals surface area contributed by atoms with Crippen LogP contribution >= 0.6 is 0 Å². The van der Waals surface area contributed by atoms with Crippen LogP contribution in [0.15, 0.2) is 42.5 Å². The van der Waals surface area contributed by atoms with Crippen LogP contribution in [-0.2, 0) is 11.3 Å². The van der Waals surface area contributed by atoms with Gasteiger partial charge in [-0.25, -0.2) is 4.39 Å². The molecule has 2 N–H and O–H groups in total. The summed E-state index contributed by atoms with van der Waals surface area (Å²) in [5, 5.41) is 5.48. The van der Waals surface area contributed by atoms with Gasteiger partial charge >= 0.3 is 0 Å². The molecule has 0 spiro atoms. The van der Waals surface area contributed by atoms with Gasteiger partial charge in [-0.1, -0.05) is 12.1 Å². The minimum Gasteiger partial charge on any atom is -0.377 e. The molecule has 0 unspecified atom stereocenters. The number of hydrogen-bond donors (Lipinski definition) is 2. The monoisotopic (exact) mass is 329 g/mol. The summed E-state index contributed by atoms with van der Waals surface area (Å²) in [5.74, 6) is -0.788. The van der Waals surface area contributed by atoms with E-state index in [1.54, 1.807) is 30.3 Å². The molecule has 0 aromatic heterocycles. The normalized spacial score (nSPS) is 10.2. The number of halogens is 1. The Labute approximate surface area is 140 Å². The Kier molecular flexibility index (Phi) is 5.52. The molecule has 0 bridgehead atoms. The van der Waals surface area contributed by atoms with Crippen molar-refractivity contribution < 1.29 is 14.0 Å². The lowest BCUT2D eigenvalue weighted by Crippen LogP contribution is -2.25. The van der Waals surface area contributed by atoms with Gasteiger partial charge in [0, 0.05) is 38.9 Å². The summed E-state index contributed by atoms with van der Waals surface area (Å²) in [6.07, 6.45) is 0. The average molecular weight is 329 g/mol. The second kappa shape index (κ2) is 7.59. The molecule has 0 aliphatic heterocycles. The molecule has 2 rings (SSSR count). The quantitative estimate of drug-likeness (QED) is 0.887. The minimum absolute atomic E-state index is 0.203. The summed E-state index contributed by atoms with van der Waals surface area (Å²) in [4.78, 5) is 25.5. The third-order valence-electron chi connectivity index (χ3n) is 3.41. The first-order valence-electron chi connectivity index (χ1n) is 7.48. The first kappa shape index (κ1) is 17.5. The number of benzene rings is 2. The average Bonchev–Trinajstić information content (AvgIpc) is 2.53. The van der Waals surface area contributed by atoms with Crippen LogP contribution in [0.3, 0.4) is 0 Å². The molecule has 0 atom stereocenters. The minimum atomic E-state index is -0.317. The van der Waals surface area contributed by atoms with Crippen LogP contribution in [0.2, 0.25) is 0 Å². The van der Waals surface area contributed by atoms with Gasteiger partial charge in [-0.3, -0.25) is 9.59 Å². The van der Waals surface area contributed by atoms with Gasteiger partial charge in [0.15, 0.2) is 0 Å². The van der Waals surface area contributed by atoms with E-state index in [9.17, 15) is 14.0 Å². The van der Waals surface area contributed by atoms with Crippen LogP contribution in [0.1, 0.15) is 22.8 Å². The Morgan fingerprint density at radius 2 is 1.75 bits per heavy atom. The molecule has 0 heterocycles. The molecular formula is C18H20FN3O2. The van der Waals surface area contributed by atoms with Crippen molar-refractivity contribution in [3.8, 4) is 0 Å². The maximum absolute atomic E-state index is 12.9. The van der Waals surface area contributed by atoms with Crippen molar-refractivity contribution in [1.82, 2.24) is 5.32 Å². The van der Waals surface area contributed by atoms with E-state index in [4.69, 9.17) is 0 Å². The molecule has 24 heavy (non-hydrogen) atoms. The molecular weight excluding hydrogens is 309 g/mol. The second-order valence-electron chi connectivity index (χ2n) is 5.62. The van der Waals surface area contributed by atoms with Gasteiger partial charge in [0.25, 0.3) is 5.91 Å². The van der Waals surface area contributed by atoms with Crippen LogP contribution in [0.25, 0.3) is 0 Å². The van der Waals surface area contributed by atoms with Crippen molar-refractivity contribution in [1.29, 1.82) is 0 Å². The van der Waals surface area contributed by atoms with Gasteiger partial charge in [-0.15, -0.1) is 0 Å². The number of hydrogen-bond acceptors (Lipinski definition) is 3. The largest absolute Gasteiger partial charge is 0.377 e. The molecule has 2 aromatic carbocycles. The summed E-state index contributed by atoms with van der Waals surface area (Å²) in [5.41, 5.74) is 2.54. The Bertz CT molecular complexity index is 742. The highest BCUT2D eigenvalue weighted by atomic mass is 19.1. The van der Waals surface area contributed by atoms with Gasteiger partial charge in [-0.2, -0.15) is 0 Å². The molecule has 0 aliphatic carbocycles. The van der Waals surface area contributed by atoms with E-state index in [2.05, 4.69) is 10.6 Å². The molecule has 6 heteroatoms. The summed E-state index contributed by atoms with van der Waals surface area (Å²) >= 11 is 0. The van der Waals surface area contributed by atoms with E-state index < -0.39 is 0 Å². The molecule has 0 radical (unpaired) electrons. The Hall–Kier alpha value is -2.89. The van der Waals surface area contributed by atoms with E-state index in [1.807, 2.05) is 19.0 Å².